The van der Waals surface area contributed by atoms with Gasteiger partial charge in [0.2, 0.25) is 0 Å². The van der Waals surface area contributed by atoms with Crippen molar-refractivity contribution < 1.29 is 0 Å². The Morgan fingerprint density at radius 2 is 0.847 bits per heavy atom. The van der Waals surface area contributed by atoms with Crippen molar-refractivity contribution in [1.82, 2.24) is 0 Å². The van der Waals surface area contributed by atoms with E-state index in [2.05, 4.69) is 146 Å². The lowest BCUT2D eigenvalue weighted by Crippen LogP contribution is -2.42. The molecular weight excluding hydrogens is 709 g/mol. The van der Waals surface area contributed by atoms with E-state index in [1.165, 1.54) is 167 Å². The Kier molecular flexibility index (Phi) is 35.9. The molecule has 0 aromatic rings. The second-order valence-corrected chi connectivity index (χ2v) is 18.2. The summed E-state index contributed by atoms with van der Waals surface area (Å²) in [7, 11) is 0. The first-order valence-corrected chi connectivity index (χ1v) is 25.7. The number of hydrogen-bond acceptors (Lipinski definition) is 0. The van der Waals surface area contributed by atoms with Gasteiger partial charge in [-0.3, -0.25) is 0 Å². The highest BCUT2D eigenvalue weighted by Crippen LogP contribution is 2.56. The Morgan fingerprint density at radius 3 is 1.36 bits per heavy atom. The van der Waals surface area contributed by atoms with Gasteiger partial charge in [-0.25, -0.2) is 0 Å². The van der Waals surface area contributed by atoms with Crippen molar-refractivity contribution in [3.05, 3.63) is 48.6 Å². The molecule has 0 saturated carbocycles. The molecule has 336 valence electrons. The normalized spacial score (nSPS) is 15.9. The molecule has 0 heteroatoms. The molecule has 0 amide bonds. The van der Waals surface area contributed by atoms with Crippen LogP contribution in [0.25, 0.3) is 0 Å². The topological polar surface area (TPSA) is 0 Å². The van der Waals surface area contributed by atoms with Crippen LogP contribution in [0.5, 0.6) is 0 Å². The monoisotopic (exact) mass is 809 g/mol. The molecule has 4 unspecified atom stereocenters. The van der Waals surface area contributed by atoms with Crippen molar-refractivity contribution in [3.8, 4) is 35.5 Å². The van der Waals surface area contributed by atoms with Crippen LogP contribution < -0.4 is 0 Å². The van der Waals surface area contributed by atoms with Crippen LogP contribution in [0.2, 0.25) is 0 Å². The van der Waals surface area contributed by atoms with E-state index in [1.54, 1.807) is 0 Å². The van der Waals surface area contributed by atoms with Crippen molar-refractivity contribution in [2.45, 2.75) is 268 Å². The molecule has 0 heterocycles. The van der Waals surface area contributed by atoms with Crippen LogP contribution in [-0.2, 0) is 0 Å². The third-order valence-electron chi connectivity index (χ3n) is 13.7. The molecule has 0 N–H and O–H groups in total. The van der Waals surface area contributed by atoms with Crippen LogP contribution in [0.3, 0.4) is 0 Å². The van der Waals surface area contributed by atoms with E-state index >= 15 is 0 Å². The van der Waals surface area contributed by atoms with Crippen molar-refractivity contribution in [2.24, 2.45) is 21.7 Å². The quantitative estimate of drug-likeness (QED) is 0.0333. The summed E-state index contributed by atoms with van der Waals surface area (Å²) in [6.45, 7) is 22.4. The Labute approximate surface area is 372 Å². The van der Waals surface area contributed by atoms with Crippen LogP contribution in [0.1, 0.15) is 268 Å². The number of hydrogen-bond donors (Lipinski definition) is 0. The second-order valence-electron chi connectivity index (χ2n) is 18.2. The van der Waals surface area contributed by atoms with Gasteiger partial charge in [-0.05, 0) is 96.8 Å². The minimum absolute atomic E-state index is 0.0365. The first-order valence-electron chi connectivity index (χ1n) is 25.7. The van der Waals surface area contributed by atoms with E-state index in [1.807, 2.05) is 6.92 Å². The molecule has 0 saturated heterocycles. The summed E-state index contributed by atoms with van der Waals surface area (Å²) >= 11 is 0. The molecule has 0 aliphatic rings. The molecular formula is C59H100. The highest BCUT2D eigenvalue weighted by molar-refractivity contribution is 5.35. The summed E-state index contributed by atoms with van der Waals surface area (Å²) in [6, 6.07) is 0. The zero-order chi connectivity index (χ0) is 43.8. The Balaban J connectivity index is 7.90. The third kappa shape index (κ3) is 21.8. The largest absolute Gasteiger partial charge is 0.108 e. The number of unbranched alkanes of at least 4 members (excludes halogenated alkanes) is 17. The SMILES string of the molecule is CC#CCC(C#CC)(C#CCC(C=CC)(CC=CC)C(CC=CC)(CC=CCCCC)CCCCCC)C(CCCCC)(CCCCCC)CCCCCCCCCC. The first kappa shape index (κ1) is 56.6. The average molecular weight is 809 g/mol. The highest BCUT2D eigenvalue weighted by Gasteiger charge is 2.49. The van der Waals surface area contributed by atoms with Crippen LogP contribution in [0.15, 0.2) is 48.6 Å². The van der Waals surface area contributed by atoms with Crippen molar-refractivity contribution in [1.29, 1.82) is 0 Å². The molecule has 0 aromatic carbocycles. The van der Waals surface area contributed by atoms with Gasteiger partial charge in [0, 0.05) is 18.3 Å². The molecule has 0 nitrogen and oxygen atoms in total. The summed E-state index contributed by atoms with van der Waals surface area (Å²) in [4.78, 5) is 0. The maximum absolute atomic E-state index is 4.21. The lowest BCUT2D eigenvalue weighted by Gasteiger charge is -2.49. The zero-order valence-corrected chi connectivity index (χ0v) is 41.5. The second kappa shape index (κ2) is 37.4. The van der Waals surface area contributed by atoms with Gasteiger partial charge in [-0.1, -0.05) is 230 Å². The minimum Gasteiger partial charge on any atom is -0.107 e. The maximum Gasteiger partial charge on any atom is 0.108 e. The van der Waals surface area contributed by atoms with Crippen LogP contribution in [0.4, 0.5) is 0 Å². The van der Waals surface area contributed by atoms with E-state index in [4.69, 9.17) is 0 Å². The lowest BCUT2D eigenvalue weighted by atomic mass is 9.54. The predicted molar refractivity (Wildman–Crippen MR) is 269 cm³/mol. The lowest BCUT2D eigenvalue weighted by molar-refractivity contribution is 0.0741. The minimum atomic E-state index is -0.443. The van der Waals surface area contributed by atoms with E-state index in [0.29, 0.717) is 0 Å². The Morgan fingerprint density at radius 1 is 0.390 bits per heavy atom. The van der Waals surface area contributed by atoms with Crippen molar-refractivity contribution in [3.63, 3.8) is 0 Å². The molecule has 0 radical (unpaired) electrons. The summed E-state index contributed by atoms with van der Waals surface area (Å²) in [5, 5.41) is 0. The predicted octanol–water partition coefficient (Wildman–Crippen LogP) is 19.5. The van der Waals surface area contributed by atoms with Gasteiger partial charge >= 0.3 is 0 Å². The molecule has 59 heavy (non-hydrogen) atoms. The fourth-order valence-corrected chi connectivity index (χ4v) is 9.93. The van der Waals surface area contributed by atoms with E-state index in [9.17, 15) is 0 Å². The van der Waals surface area contributed by atoms with E-state index < -0.39 is 5.41 Å². The molecule has 0 fully saturated rings. The highest BCUT2D eigenvalue weighted by atomic mass is 14.5. The molecule has 0 rings (SSSR count). The van der Waals surface area contributed by atoms with Gasteiger partial charge < -0.3 is 0 Å². The van der Waals surface area contributed by atoms with Gasteiger partial charge in [-0.15, -0.1) is 23.7 Å². The van der Waals surface area contributed by atoms with E-state index in [0.717, 1.165) is 32.1 Å². The summed E-state index contributed by atoms with van der Waals surface area (Å²) in [5.74, 6) is 22.8. The summed E-state index contributed by atoms with van der Waals surface area (Å²) in [5.41, 5.74) is -0.446. The fourth-order valence-electron chi connectivity index (χ4n) is 9.93. The zero-order valence-electron chi connectivity index (χ0n) is 41.5. The summed E-state index contributed by atoms with van der Waals surface area (Å²) in [6.07, 6.45) is 57.7. The van der Waals surface area contributed by atoms with Crippen LogP contribution in [-0.4, -0.2) is 0 Å². The standard InChI is InChI=1S/C59H100/c1-11-21-29-33-34-35-37-42-53-59(49-38-25-15-5,51-40-32-24-14-4)57(45-20-10,47-27-17-7)55-43-54-56(44-19-9,46-26-16-6)58(48-28-18-8,50-39-31-23-13-3)52-41-36-30-22-12-2/h16,18-19,26,28,36,41,44H,11-15,21-25,29-35,37-40,42,46-54H2,1-10H3. The third-order valence-corrected chi connectivity index (χ3v) is 13.7. The molecule has 0 bridgehead atoms. The molecule has 4 atom stereocenters. The molecule has 0 aliphatic heterocycles. The Bertz CT molecular complexity index is 1300. The van der Waals surface area contributed by atoms with Crippen LogP contribution in [0, 0.1) is 57.2 Å². The summed E-state index contributed by atoms with van der Waals surface area (Å²) < 4.78 is 0. The first-order chi connectivity index (χ1) is 28.8. The van der Waals surface area contributed by atoms with Gasteiger partial charge in [0.15, 0.2) is 0 Å². The Hall–Kier alpha value is -2.36. The fraction of sp³-hybridized carbons (Fsp3) is 0.763. The smallest absolute Gasteiger partial charge is 0.107 e. The van der Waals surface area contributed by atoms with Gasteiger partial charge in [0.1, 0.15) is 5.41 Å². The van der Waals surface area contributed by atoms with Crippen LogP contribution >= 0.6 is 0 Å². The van der Waals surface area contributed by atoms with Gasteiger partial charge in [0.25, 0.3) is 0 Å². The molecule has 0 aromatic heterocycles. The van der Waals surface area contributed by atoms with Gasteiger partial charge in [0.05, 0.1) is 0 Å². The van der Waals surface area contributed by atoms with Crippen molar-refractivity contribution in [2.75, 3.05) is 0 Å². The number of rotatable bonds is 37. The maximum atomic E-state index is 4.21. The van der Waals surface area contributed by atoms with E-state index in [-0.39, 0.29) is 16.2 Å². The number of allylic oxidation sites excluding steroid dienone is 8. The average Bonchev–Trinajstić information content (AvgIpc) is 3.24. The van der Waals surface area contributed by atoms with Gasteiger partial charge in [-0.2, -0.15) is 0 Å². The van der Waals surface area contributed by atoms with Crippen molar-refractivity contribution >= 4 is 0 Å². The molecule has 0 spiro atoms. The molecule has 0 aliphatic carbocycles.